The smallest absolute Gasteiger partial charge is 0.0165 e. The van der Waals surface area contributed by atoms with Crippen LogP contribution >= 0.6 is 31.8 Å². The molecule has 0 aliphatic rings. The average Bonchev–Trinajstić information content (AvgIpc) is 2.26. The van der Waals surface area contributed by atoms with E-state index in [1.807, 2.05) is 0 Å². The van der Waals surface area contributed by atoms with Crippen LogP contribution in [0.25, 0.3) is 11.1 Å². The molecule has 16 heavy (non-hydrogen) atoms. The Balaban J connectivity index is 2.50. The zero-order valence-corrected chi connectivity index (χ0v) is 12.7. The molecule has 0 nitrogen and oxygen atoms in total. The monoisotopic (exact) mass is 340 g/mol. The lowest BCUT2D eigenvalue weighted by Gasteiger charge is -2.07. The molecular weight excluding hydrogens is 326 g/mol. The van der Waals surface area contributed by atoms with Gasteiger partial charge in [0.2, 0.25) is 0 Å². The van der Waals surface area contributed by atoms with Gasteiger partial charge in [0.05, 0.1) is 0 Å². The van der Waals surface area contributed by atoms with Gasteiger partial charge in [-0.15, -0.1) is 9.24 Å². The Morgan fingerprint density at radius 2 is 1.44 bits per heavy atom. The van der Waals surface area contributed by atoms with Crippen LogP contribution in [0.3, 0.4) is 0 Å². The number of hydrogen-bond acceptors (Lipinski definition) is 0. The molecule has 2 aromatic rings. The lowest BCUT2D eigenvalue weighted by atomic mass is 10.0. The summed E-state index contributed by atoms with van der Waals surface area (Å²) >= 11 is 2.39. The third-order valence-corrected chi connectivity index (χ3v) is 4.57. The Kier molecular flexibility index (Phi) is 3.66. The summed E-state index contributed by atoms with van der Waals surface area (Å²) in [6, 6.07) is 13.2. The summed E-state index contributed by atoms with van der Waals surface area (Å²) in [6.07, 6.45) is 0. The van der Waals surface area contributed by atoms with Gasteiger partial charge < -0.3 is 0 Å². The Morgan fingerprint density at radius 1 is 0.875 bits per heavy atom. The van der Waals surface area contributed by atoms with Crippen molar-refractivity contribution in [3.8, 4) is 11.1 Å². The highest BCUT2D eigenvalue weighted by Gasteiger charge is 2.02. The summed E-state index contributed by atoms with van der Waals surface area (Å²) in [7, 11) is 2.79. The molecule has 0 saturated heterocycles. The van der Waals surface area contributed by atoms with Gasteiger partial charge in [-0.3, -0.25) is 0 Å². The minimum absolute atomic E-state index is 1.27. The van der Waals surface area contributed by atoms with Crippen molar-refractivity contribution in [1.29, 1.82) is 0 Å². The third kappa shape index (κ3) is 2.46. The number of aryl methyl sites for hydroxylation is 2. The molecule has 0 fully saturated rings. The van der Waals surface area contributed by atoms with Crippen molar-refractivity contribution in [1.82, 2.24) is 0 Å². The molecule has 0 aliphatic carbocycles. The Bertz CT molecular complexity index is 483. The van der Waals surface area contributed by atoms with Crippen LogP contribution in [0.15, 0.2) is 36.4 Å². The third-order valence-electron chi connectivity index (χ3n) is 2.78. The molecule has 0 aromatic heterocycles. The zero-order chi connectivity index (χ0) is 11.7. The number of hydrogen-bond donors (Lipinski definition) is 0. The first-order valence-electron chi connectivity index (χ1n) is 5.20. The van der Waals surface area contributed by atoms with Gasteiger partial charge in [0.25, 0.3) is 0 Å². The minimum Gasteiger partial charge on any atom is -0.105 e. The van der Waals surface area contributed by atoms with E-state index in [2.05, 4.69) is 82.1 Å². The molecule has 2 aromatic carbocycles. The van der Waals surface area contributed by atoms with E-state index in [0.29, 0.717) is 0 Å². The van der Waals surface area contributed by atoms with Crippen molar-refractivity contribution in [2.75, 3.05) is 0 Å². The van der Waals surface area contributed by atoms with Gasteiger partial charge in [-0.25, -0.2) is 0 Å². The second-order valence-corrected chi connectivity index (χ2v) is 5.82. The van der Waals surface area contributed by atoms with Crippen LogP contribution in [-0.2, 0) is 0 Å². The van der Waals surface area contributed by atoms with Gasteiger partial charge in [0, 0.05) is 3.57 Å². The summed E-state index contributed by atoms with van der Waals surface area (Å²) in [5.41, 5.74) is 5.23. The van der Waals surface area contributed by atoms with Crippen molar-refractivity contribution in [3.63, 3.8) is 0 Å². The zero-order valence-electron chi connectivity index (χ0n) is 9.42. The van der Waals surface area contributed by atoms with E-state index in [0.717, 1.165) is 0 Å². The molecular formula is C14H14IP. The largest absolute Gasteiger partial charge is 0.105 e. The molecule has 0 amide bonds. The number of rotatable bonds is 1. The maximum Gasteiger partial charge on any atom is 0.0165 e. The van der Waals surface area contributed by atoms with Gasteiger partial charge in [0.15, 0.2) is 0 Å². The van der Waals surface area contributed by atoms with Crippen molar-refractivity contribution < 1.29 is 0 Å². The molecule has 0 saturated carbocycles. The fourth-order valence-electron chi connectivity index (χ4n) is 1.59. The first-order valence-corrected chi connectivity index (χ1v) is 6.86. The molecule has 0 heterocycles. The highest BCUT2D eigenvalue weighted by molar-refractivity contribution is 14.1. The van der Waals surface area contributed by atoms with E-state index in [1.54, 1.807) is 0 Å². The van der Waals surface area contributed by atoms with E-state index in [4.69, 9.17) is 0 Å². The molecule has 2 rings (SSSR count). The molecule has 0 bridgehead atoms. The van der Waals surface area contributed by atoms with E-state index in [9.17, 15) is 0 Å². The number of halogens is 1. The maximum absolute atomic E-state index is 2.79. The van der Waals surface area contributed by atoms with E-state index in [-0.39, 0.29) is 0 Å². The molecule has 0 aliphatic heterocycles. The summed E-state index contributed by atoms with van der Waals surface area (Å²) < 4.78 is 1.32. The van der Waals surface area contributed by atoms with Crippen molar-refractivity contribution in [3.05, 3.63) is 51.1 Å². The maximum atomic E-state index is 2.79. The van der Waals surface area contributed by atoms with Gasteiger partial charge in [-0.2, -0.15) is 0 Å². The van der Waals surface area contributed by atoms with Gasteiger partial charge >= 0.3 is 0 Å². The molecule has 0 spiro atoms. The van der Waals surface area contributed by atoms with Crippen LogP contribution in [0.2, 0.25) is 0 Å². The SMILES string of the molecule is Cc1ccc(-c2ccc(C)c(I)c2)cc1P. The van der Waals surface area contributed by atoms with Crippen molar-refractivity contribution in [2.24, 2.45) is 0 Å². The molecule has 82 valence electrons. The topological polar surface area (TPSA) is 0 Å². The van der Waals surface area contributed by atoms with E-state index >= 15 is 0 Å². The second kappa shape index (κ2) is 4.85. The molecule has 2 heteroatoms. The molecule has 0 radical (unpaired) electrons. The molecule has 0 N–H and O–H groups in total. The Hall–Kier alpha value is -0.400. The van der Waals surface area contributed by atoms with Crippen LogP contribution < -0.4 is 5.30 Å². The Labute approximate surface area is 113 Å². The van der Waals surface area contributed by atoms with Gasteiger partial charge in [-0.1, -0.05) is 24.3 Å². The lowest BCUT2D eigenvalue weighted by Crippen LogP contribution is -1.96. The summed E-state index contributed by atoms with van der Waals surface area (Å²) in [4.78, 5) is 0. The first-order chi connectivity index (χ1) is 7.58. The van der Waals surface area contributed by atoms with Gasteiger partial charge in [0.1, 0.15) is 0 Å². The highest BCUT2D eigenvalue weighted by atomic mass is 127. The highest BCUT2D eigenvalue weighted by Crippen LogP contribution is 2.23. The second-order valence-electron chi connectivity index (χ2n) is 4.04. The number of benzene rings is 2. The Morgan fingerprint density at radius 3 is 2.00 bits per heavy atom. The van der Waals surface area contributed by atoms with Crippen LogP contribution in [0.4, 0.5) is 0 Å². The fraction of sp³-hybridized carbons (Fsp3) is 0.143. The summed E-state index contributed by atoms with van der Waals surface area (Å²) in [5, 5.41) is 1.27. The van der Waals surface area contributed by atoms with Crippen LogP contribution in [0, 0.1) is 17.4 Å². The predicted octanol–water partition coefficient (Wildman–Crippen LogP) is 4.08. The predicted molar refractivity (Wildman–Crippen MR) is 83.4 cm³/mol. The summed E-state index contributed by atoms with van der Waals surface area (Å²) in [5.74, 6) is 0. The van der Waals surface area contributed by atoms with E-state index in [1.165, 1.54) is 31.1 Å². The minimum atomic E-state index is 1.27. The van der Waals surface area contributed by atoms with Crippen LogP contribution in [0.5, 0.6) is 0 Å². The normalized spacial score (nSPS) is 10.5. The molecule has 1 atom stereocenters. The van der Waals surface area contributed by atoms with Crippen LogP contribution in [-0.4, -0.2) is 0 Å². The van der Waals surface area contributed by atoms with Crippen LogP contribution in [0.1, 0.15) is 11.1 Å². The van der Waals surface area contributed by atoms with Crippen molar-refractivity contribution >= 4 is 37.1 Å². The average molecular weight is 340 g/mol. The molecule has 1 unspecified atom stereocenters. The quantitative estimate of drug-likeness (QED) is 0.542. The fourth-order valence-corrected chi connectivity index (χ4v) is 2.38. The lowest BCUT2D eigenvalue weighted by molar-refractivity contribution is 1.42. The van der Waals surface area contributed by atoms with Gasteiger partial charge in [-0.05, 0) is 76.1 Å². The first kappa shape index (κ1) is 12.1. The standard InChI is InChI=1S/C14H14IP/c1-9-3-5-11(7-13(9)15)12-6-4-10(2)14(16)8-12/h3-8H,16H2,1-2H3. The summed E-state index contributed by atoms with van der Waals surface area (Å²) in [6.45, 7) is 4.27. The van der Waals surface area contributed by atoms with E-state index < -0.39 is 0 Å². The van der Waals surface area contributed by atoms with Crippen molar-refractivity contribution in [2.45, 2.75) is 13.8 Å².